The molecule has 2 aromatic carbocycles. The van der Waals surface area contributed by atoms with E-state index in [1.807, 2.05) is 0 Å². The van der Waals surface area contributed by atoms with Gasteiger partial charge in [0.2, 0.25) is 15.9 Å². The predicted molar refractivity (Wildman–Crippen MR) is 110 cm³/mol. The minimum absolute atomic E-state index is 0.118. The van der Waals surface area contributed by atoms with Gasteiger partial charge in [0, 0.05) is 27.1 Å². The molecule has 0 radical (unpaired) electrons. The van der Waals surface area contributed by atoms with Crippen LogP contribution in [-0.2, 0) is 14.8 Å². The molecule has 0 bridgehead atoms. The Morgan fingerprint density at radius 3 is 2.27 bits per heavy atom. The topological polar surface area (TPSA) is 66.9 Å². The molecule has 0 fully saturated rings. The maximum absolute atomic E-state index is 13.4. The lowest BCUT2D eigenvalue weighted by atomic mass is 10.1. The molecule has 1 amide bonds. The van der Waals surface area contributed by atoms with E-state index in [2.05, 4.69) is 0 Å². The van der Waals surface area contributed by atoms with Gasteiger partial charge in [0.1, 0.15) is 5.75 Å². The van der Waals surface area contributed by atoms with Gasteiger partial charge in [-0.05, 0) is 55.3 Å². The van der Waals surface area contributed by atoms with Crippen LogP contribution >= 0.6 is 0 Å². The van der Waals surface area contributed by atoms with Crippen molar-refractivity contribution < 1.29 is 26.7 Å². The molecule has 0 aliphatic heterocycles. The van der Waals surface area contributed by atoms with Crippen LogP contribution in [0.1, 0.15) is 31.4 Å². The van der Waals surface area contributed by atoms with E-state index < -0.39 is 27.7 Å². The Labute approximate surface area is 176 Å². The highest BCUT2D eigenvalue weighted by molar-refractivity contribution is 7.89. The van der Waals surface area contributed by atoms with Crippen LogP contribution in [0, 0.1) is 11.6 Å². The molecular weight excluding hydrogens is 414 g/mol. The summed E-state index contributed by atoms with van der Waals surface area (Å²) in [5.41, 5.74) is 0.476. The van der Waals surface area contributed by atoms with Crippen LogP contribution in [-0.4, -0.2) is 51.3 Å². The highest BCUT2D eigenvalue weighted by atomic mass is 32.2. The summed E-state index contributed by atoms with van der Waals surface area (Å²) in [5, 5.41) is 0. The van der Waals surface area contributed by atoms with Gasteiger partial charge in [-0.15, -0.1) is 0 Å². The van der Waals surface area contributed by atoms with E-state index in [4.69, 9.17) is 4.74 Å². The molecule has 30 heavy (non-hydrogen) atoms. The summed E-state index contributed by atoms with van der Waals surface area (Å²) >= 11 is 0. The molecule has 2 rings (SSSR count). The summed E-state index contributed by atoms with van der Waals surface area (Å²) < 4.78 is 58.0. The monoisotopic (exact) mass is 440 g/mol. The van der Waals surface area contributed by atoms with Crippen molar-refractivity contribution in [1.82, 2.24) is 9.21 Å². The van der Waals surface area contributed by atoms with E-state index in [0.29, 0.717) is 17.7 Å². The molecule has 0 saturated carbocycles. The van der Waals surface area contributed by atoms with Gasteiger partial charge in [-0.25, -0.2) is 21.5 Å². The van der Waals surface area contributed by atoms with Crippen molar-refractivity contribution in [3.63, 3.8) is 0 Å². The summed E-state index contributed by atoms with van der Waals surface area (Å²) in [6, 6.07) is 9.14. The zero-order valence-corrected chi connectivity index (χ0v) is 18.2. The summed E-state index contributed by atoms with van der Waals surface area (Å²) in [7, 11) is 0.854. The lowest BCUT2D eigenvalue weighted by Gasteiger charge is -2.26. The summed E-state index contributed by atoms with van der Waals surface area (Å²) in [4.78, 5) is 14.0. The molecular formula is C21H26F2N2O4S. The van der Waals surface area contributed by atoms with E-state index in [9.17, 15) is 22.0 Å². The fraction of sp³-hybridized carbons (Fsp3) is 0.381. The van der Waals surface area contributed by atoms with E-state index in [1.54, 1.807) is 26.1 Å². The Bertz CT molecular complexity index is 981. The Kier molecular flexibility index (Phi) is 7.91. The second-order valence-electron chi connectivity index (χ2n) is 6.96. The third-order valence-corrected chi connectivity index (χ3v) is 6.90. The van der Waals surface area contributed by atoms with Gasteiger partial charge in [0.25, 0.3) is 0 Å². The fourth-order valence-electron chi connectivity index (χ4n) is 2.89. The van der Waals surface area contributed by atoms with Gasteiger partial charge in [0.15, 0.2) is 11.6 Å². The van der Waals surface area contributed by atoms with Crippen LogP contribution < -0.4 is 4.74 Å². The SMILES string of the molecule is COc1ccc(S(=O)(=O)N(C)CCCC(=O)N(C)[C@@H](C)c2ccc(F)c(F)c2)cc1. The van der Waals surface area contributed by atoms with Crippen LogP contribution in [0.4, 0.5) is 8.78 Å². The number of amides is 1. The van der Waals surface area contributed by atoms with E-state index in [-0.39, 0.29) is 23.8 Å². The number of nitrogens with zero attached hydrogens (tertiary/aromatic N) is 2. The van der Waals surface area contributed by atoms with E-state index >= 15 is 0 Å². The number of carbonyl (C=O) groups is 1. The highest BCUT2D eigenvalue weighted by Gasteiger charge is 2.22. The molecule has 0 aliphatic rings. The van der Waals surface area contributed by atoms with Crippen molar-refractivity contribution >= 4 is 15.9 Å². The van der Waals surface area contributed by atoms with Crippen molar-refractivity contribution in [1.29, 1.82) is 0 Å². The number of benzene rings is 2. The largest absolute Gasteiger partial charge is 0.497 e. The van der Waals surface area contributed by atoms with Gasteiger partial charge >= 0.3 is 0 Å². The van der Waals surface area contributed by atoms with Crippen LogP contribution in [0.25, 0.3) is 0 Å². The lowest BCUT2D eigenvalue weighted by molar-refractivity contribution is -0.131. The number of halogens is 2. The van der Waals surface area contributed by atoms with Crippen molar-refractivity contribution in [3.8, 4) is 5.75 Å². The maximum atomic E-state index is 13.4. The zero-order chi connectivity index (χ0) is 22.5. The summed E-state index contributed by atoms with van der Waals surface area (Å²) in [6.45, 7) is 1.87. The molecule has 0 aromatic heterocycles. The molecule has 0 heterocycles. The third-order valence-electron chi connectivity index (χ3n) is 5.03. The van der Waals surface area contributed by atoms with Gasteiger partial charge in [-0.3, -0.25) is 4.79 Å². The Morgan fingerprint density at radius 1 is 1.07 bits per heavy atom. The predicted octanol–water partition coefficient (Wildman–Crippen LogP) is 3.59. The van der Waals surface area contributed by atoms with Crippen molar-refractivity contribution in [2.75, 3.05) is 27.7 Å². The Balaban J connectivity index is 1.92. The second kappa shape index (κ2) is 9.99. The molecule has 0 unspecified atom stereocenters. The molecule has 2 aromatic rings. The first-order valence-electron chi connectivity index (χ1n) is 9.39. The molecule has 1 atom stereocenters. The maximum Gasteiger partial charge on any atom is 0.242 e. The number of sulfonamides is 1. The van der Waals surface area contributed by atoms with Crippen LogP contribution in [0.2, 0.25) is 0 Å². The highest BCUT2D eigenvalue weighted by Crippen LogP contribution is 2.22. The van der Waals surface area contributed by atoms with Crippen molar-refractivity contribution in [2.45, 2.75) is 30.7 Å². The van der Waals surface area contributed by atoms with Crippen LogP contribution in [0.15, 0.2) is 47.4 Å². The van der Waals surface area contributed by atoms with Gasteiger partial charge in [0.05, 0.1) is 18.0 Å². The van der Waals surface area contributed by atoms with Gasteiger partial charge in [-0.1, -0.05) is 6.07 Å². The average Bonchev–Trinajstić information content (AvgIpc) is 2.74. The number of carbonyl (C=O) groups excluding carboxylic acids is 1. The molecule has 0 spiro atoms. The van der Waals surface area contributed by atoms with E-state index in [1.165, 1.54) is 41.6 Å². The van der Waals surface area contributed by atoms with Gasteiger partial charge in [-0.2, -0.15) is 0 Å². The lowest BCUT2D eigenvalue weighted by Crippen LogP contribution is -2.32. The minimum atomic E-state index is -3.67. The van der Waals surface area contributed by atoms with Crippen LogP contribution in [0.5, 0.6) is 5.75 Å². The quantitative estimate of drug-likeness (QED) is 0.598. The molecule has 0 saturated heterocycles. The number of methoxy groups -OCH3 is 1. The van der Waals surface area contributed by atoms with E-state index in [0.717, 1.165) is 12.1 Å². The average molecular weight is 441 g/mol. The first kappa shape index (κ1) is 23.8. The third kappa shape index (κ3) is 5.54. The first-order chi connectivity index (χ1) is 14.1. The minimum Gasteiger partial charge on any atom is -0.497 e. The van der Waals surface area contributed by atoms with Crippen molar-refractivity contribution in [3.05, 3.63) is 59.7 Å². The normalized spacial score (nSPS) is 12.6. The molecule has 9 heteroatoms. The molecule has 0 N–H and O–H groups in total. The second-order valence-corrected chi connectivity index (χ2v) is 9.00. The number of hydrogen-bond donors (Lipinski definition) is 0. The Morgan fingerprint density at radius 2 is 1.70 bits per heavy atom. The molecule has 6 nitrogen and oxygen atoms in total. The first-order valence-corrected chi connectivity index (χ1v) is 10.8. The number of hydrogen-bond acceptors (Lipinski definition) is 4. The van der Waals surface area contributed by atoms with Gasteiger partial charge < -0.3 is 9.64 Å². The molecule has 164 valence electrons. The Hall–Kier alpha value is -2.52. The standard InChI is InChI=1S/C21H26F2N2O4S/c1-15(16-7-12-19(22)20(23)14-16)25(3)21(26)6-5-13-24(2)30(27,28)18-10-8-17(29-4)9-11-18/h7-12,14-15H,5-6,13H2,1-4H3/t15-/m0/s1. The smallest absolute Gasteiger partial charge is 0.242 e. The van der Waals surface area contributed by atoms with Crippen LogP contribution in [0.3, 0.4) is 0 Å². The zero-order valence-electron chi connectivity index (χ0n) is 17.4. The van der Waals surface area contributed by atoms with Crippen molar-refractivity contribution in [2.24, 2.45) is 0 Å². The number of ether oxygens (including phenoxy) is 1. The number of rotatable bonds is 9. The molecule has 0 aliphatic carbocycles. The summed E-state index contributed by atoms with van der Waals surface area (Å²) in [5.74, 6) is -1.57. The fourth-order valence-corrected chi connectivity index (χ4v) is 4.10. The summed E-state index contributed by atoms with van der Waals surface area (Å²) in [6.07, 6.45) is 0.437.